The quantitative estimate of drug-likeness (QED) is 0.853. The molecular formula is C15H11FN2O2. The van der Waals surface area contributed by atoms with E-state index in [1.54, 1.807) is 30.3 Å². The highest BCUT2D eigenvalue weighted by atomic mass is 19.1. The van der Waals surface area contributed by atoms with Crippen molar-refractivity contribution in [2.45, 2.75) is 6.04 Å². The Morgan fingerprint density at radius 3 is 2.30 bits per heavy atom. The van der Waals surface area contributed by atoms with E-state index in [1.165, 1.54) is 18.2 Å². The summed E-state index contributed by atoms with van der Waals surface area (Å²) in [6, 6.07) is 13.2. The van der Waals surface area contributed by atoms with E-state index in [-0.39, 0.29) is 5.69 Å². The number of carbonyl (C=O) groups excluding carboxylic acids is 2. The standard InChI is InChI=1S/C15H11FN2O2/c16-11-8-4-5-9-12(11)18-14(19)13(17-15(18)20)10-6-2-1-3-7-10/h1-9,13H,(H,17,20). The van der Waals surface area contributed by atoms with Crippen LogP contribution >= 0.6 is 0 Å². The van der Waals surface area contributed by atoms with Gasteiger partial charge < -0.3 is 5.32 Å². The third-order valence-corrected chi connectivity index (χ3v) is 3.16. The van der Waals surface area contributed by atoms with Crippen molar-refractivity contribution in [3.05, 3.63) is 66.0 Å². The lowest BCUT2D eigenvalue weighted by Gasteiger charge is -2.13. The average molecular weight is 270 g/mol. The second kappa shape index (κ2) is 4.77. The van der Waals surface area contributed by atoms with Crippen LogP contribution in [0, 0.1) is 5.82 Å². The Hall–Kier alpha value is -2.69. The van der Waals surface area contributed by atoms with E-state index in [2.05, 4.69) is 5.32 Å². The summed E-state index contributed by atoms with van der Waals surface area (Å²) in [4.78, 5) is 25.1. The van der Waals surface area contributed by atoms with Crippen LogP contribution in [0.1, 0.15) is 11.6 Å². The molecule has 1 aliphatic heterocycles. The van der Waals surface area contributed by atoms with E-state index in [1.807, 2.05) is 6.07 Å². The predicted molar refractivity (Wildman–Crippen MR) is 71.6 cm³/mol. The molecule has 5 heteroatoms. The van der Waals surface area contributed by atoms with E-state index in [4.69, 9.17) is 0 Å². The molecule has 1 saturated heterocycles. The van der Waals surface area contributed by atoms with Gasteiger partial charge in [-0.2, -0.15) is 0 Å². The Morgan fingerprint density at radius 2 is 1.60 bits per heavy atom. The van der Waals surface area contributed by atoms with Gasteiger partial charge >= 0.3 is 6.03 Å². The van der Waals surface area contributed by atoms with Crippen molar-refractivity contribution in [3.8, 4) is 0 Å². The van der Waals surface area contributed by atoms with Crippen LogP contribution < -0.4 is 10.2 Å². The highest BCUT2D eigenvalue weighted by Crippen LogP contribution is 2.28. The second-order valence-electron chi connectivity index (χ2n) is 4.42. The van der Waals surface area contributed by atoms with Crippen molar-refractivity contribution in [1.82, 2.24) is 5.32 Å². The molecule has 0 bridgehead atoms. The van der Waals surface area contributed by atoms with Crippen LogP contribution in [0.15, 0.2) is 54.6 Å². The molecule has 0 aromatic heterocycles. The number of hydrogen-bond acceptors (Lipinski definition) is 2. The van der Waals surface area contributed by atoms with Crippen LogP contribution in [0.25, 0.3) is 0 Å². The van der Waals surface area contributed by atoms with Gasteiger partial charge in [0.1, 0.15) is 11.9 Å². The summed E-state index contributed by atoms with van der Waals surface area (Å²) >= 11 is 0. The number of benzene rings is 2. The summed E-state index contributed by atoms with van der Waals surface area (Å²) in [6.45, 7) is 0. The molecule has 20 heavy (non-hydrogen) atoms. The summed E-state index contributed by atoms with van der Waals surface area (Å²) in [5.41, 5.74) is 0.637. The first-order valence-electron chi connectivity index (χ1n) is 6.12. The number of nitrogens with zero attached hydrogens (tertiary/aromatic N) is 1. The van der Waals surface area contributed by atoms with Gasteiger partial charge in [0, 0.05) is 0 Å². The van der Waals surface area contributed by atoms with Gasteiger partial charge in [0.2, 0.25) is 0 Å². The maximum Gasteiger partial charge on any atom is 0.329 e. The lowest BCUT2D eigenvalue weighted by Crippen LogP contribution is -2.31. The first-order chi connectivity index (χ1) is 9.68. The Kier molecular flexibility index (Phi) is 2.95. The van der Waals surface area contributed by atoms with E-state index >= 15 is 0 Å². The van der Waals surface area contributed by atoms with Crippen LogP contribution in [0.3, 0.4) is 0 Å². The molecule has 2 aromatic rings. The van der Waals surface area contributed by atoms with Crippen molar-refractivity contribution in [2.75, 3.05) is 4.90 Å². The monoisotopic (exact) mass is 270 g/mol. The Morgan fingerprint density at radius 1 is 0.950 bits per heavy atom. The minimum Gasteiger partial charge on any atom is -0.321 e. The summed E-state index contributed by atoms with van der Waals surface area (Å²) in [6.07, 6.45) is 0. The smallest absolute Gasteiger partial charge is 0.321 e. The molecule has 100 valence electrons. The third-order valence-electron chi connectivity index (χ3n) is 3.16. The number of amides is 3. The number of nitrogens with one attached hydrogen (secondary N) is 1. The fourth-order valence-corrected chi connectivity index (χ4v) is 2.21. The largest absolute Gasteiger partial charge is 0.329 e. The molecule has 1 N–H and O–H groups in total. The number of hydrogen-bond donors (Lipinski definition) is 1. The Labute approximate surface area is 114 Å². The zero-order valence-electron chi connectivity index (χ0n) is 10.4. The molecule has 0 saturated carbocycles. The fourth-order valence-electron chi connectivity index (χ4n) is 2.21. The van der Waals surface area contributed by atoms with Gasteiger partial charge in [0.15, 0.2) is 0 Å². The molecule has 4 nitrogen and oxygen atoms in total. The van der Waals surface area contributed by atoms with Crippen LogP contribution in [0.4, 0.5) is 14.9 Å². The summed E-state index contributed by atoms with van der Waals surface area (Å²) in [5.74, 6) is -1.09. The average Bonchev–Trinajstić information content (AvgIpc) is 2.76. The van der Waals surface area contributed by atoms with Gasteiger partial charge in [-0.3, -0.25) is 4.79 Å². The molecule has 1 fully saturated rings. The van der Waals surface area contributed by atoms with Crippen molar-refractivity contribution in [1.29, 1.82) is 0 Å². The van der Waals surface area contributed by atoms with Crippen molar-refractivity contribution in [2.24, 2.45) is 0 Å². The molecule has 0 spiro atoms. The normalized spacial score (nSPS) is 18.2. The van der Waals surface area contributed by atoms with Gasteiger partial charge in [-0.05, 0) is 17.7 Å². The number of rotatable bonds is 2. The van der Waals surface area contributed by atoms with E-state index in [0.717, 1.165) is 4.90 Å². The number of halogens is 1. The lowest BCUT2D eigenvalue weighted by molar-refractivity contribution is -0.118. The predicted octanol–water partition coefficient (Wildman–Crippen LogP) is 2.62. The molecule has 1 aliphatic rings. The molecule has 2 aromatic carbocycles. The van der Waals surface area contributed by atoms with E-state index < -0.39 is 23.8 Å². The highest BCUT2D eigenvalue weighted by molar-refractivity contribution is 6.21. The number of para-hydroxylation sites is 1. The molecule has 3 rings (SSSR count). The fraction of sp³-hybridized carbons (Fsp3) is 0.0667. The number of urea groups is 1. The highest BCUT2D eigenvalue weighted by Gasteiger charge is 2.40. The van der Waals surface area contributed by atoms with Crippen molar-refractivity contribution >= 4 is 17.6 Å². The summed E-state index contributed by atoms with van der Waals surface area (Å²) in [7, 11) is 0. The lowest BCUT2D eigenvalue weighted by atomic mass is 10.1. The number of imide groups is 1. The minimum atomic E-state index is -0.775. The first kappa shape index (κ1) is 12.3. The molecule has 0 aliphatic carbocycles. The maximum atomic E-state index is 13.7. The third kappa shape index (κ3) is 1.93. The van der Waals surface area contributed by atoms with E-state index in [0.29, 0.717) is 5.56 Å². The molecule has 3 amide bonds. The van der Waals surface area contributed by atoms with Crippen molar-refractivity contribution in [3.63, 3.8) is 0 Å². The van der Waals surface area contributed by atoms with Gasteiger partial charge in [-0.1, -0.05) is 42.5 Å². The van der Waals surface area contributed by atoms with Gasteiger partial charge in [-0.15, -0.1) is 0 Å². The number of carbonyl (C=O) groups is 2. The van der Waals surface area contributed by atoms with Crippen LogP contribution in [-0.2, 0) is 4.79 Å². The molecule has 1 atom stereocenters. The second-order valence-corrected chi connectivity index (χ2v) is 4.42. The summed E-state index contributed by atoms with van der Waals surface area (Å²) < 4.78 is 13.7. The minimum absolute atomic E-state index is 0.0339. The van der Waals surface area contributed by atoms with Gasteiger partial charge in [-0.25, -0.2) is 14.1 Å². The summed E-state index contributed by atoms with van der Waals surface area (Å²) in [5, 5.41) is 2.57. The van der Waals surface area contributed by atoms with Gasteiger partial charge in [0.05, 0.1) is 5.69 Å². The zero-order valence-corrected chi connectivity index (χ0v) is 10.4. The molecule has 1 unspecified atom stereocenters. The molecule has 0 radical (unpaired) electrons. The van der Waals surface area contributed by atoms with Gasteiger partial charge in [0.25, 0.3) is 5.91 Å². The SMILES string of the molecule is O=C1NC(c2ccccc2)C(=O)N1c1ccccc1F. The topological polar surface area (TPSA) is 49.4 Å². The van der Waals surface area contributed by atoms with Crippen LogP contribution in [0.5, 0.6) is 0 Å². The number of anilines is 1. The maximum absolute atomic E-state index is 13.7. The van der Waals surface area contributed by atoms with Crippen LogP contribution in [0.2, 0.25) is 0 Å². The molecular weight excluding hydrogens is 259 g/mol. The first-order valence-corrected chi connectivity index (χ1v) is 6.12. The Bertz CT molecular complexity index is 673. The Balaban J connectivity index is 1.98. The zero-order chi connectivity index (χ0) is 14.1. The molecule has 1 heterocycles. The van der Waals surface area contributed by atoms with Crippen LogP contribution in [-0.4, -0.2) is 11.9 Å². The van der Waals surface area contributed by atoms with E-state index in [9.17, 15) is 14.0 Å². The van der Waals surface area contributed by atoms with Crippen molar-refractivity contribution < 1.29 is 14.0 Å².